The molecule has 2 aromatic heterocycles. The van der Waals surface area contributed by atoms with Crippen LogP contribution in [-0.2, 0) is 17.9 Å². The van der Waals surface area contributed by atoms with E-state index < -0.39 is 5.41 Å². The zero-order valence-corrected chi connectivity index (χ0v) is 27.9. The number of benzene rings is 4. The van der Waals surface area contributed by atoms with Crippen molar-refractivity contribution in [1.82, 2.24) is 0 Å². The monoisotopic (exact) mass is 592 g/mol. The summed E-state index contributed by atoms with van der Waals surface area (Å²) in [6.45, 7) is 17.9. The zero-order valence-electron chi connectivity index (χ0n) is 27.9. The number of aryl methyl sites for hydroxylation is 2. The first-order chi connectivity index (χ1) is 21.5. The normalized spacial score (nSPS) is 14.1. The molecule has 6 aromatic rings. The fourth-order valence-electron chi connectivity index (χ4n) is 7.59. The highest BCUT2D eigenvalue weighted by molar-refractivity contribution is 6.15. The van der Waals surface area contributed by atoms with Gasteiger partial charge in [0.05, 0.1) is 5.41 Å². The number of pyridine rings is 1. The van der Waals surface area contributed by atoms with Crippen molar-refractivity contribution >= 4 is 39.4 Å². The Kier molecular flexibility index (Phi) is 7.61. The van der Waals surface area contributed by atoms with Gasteiger partial charge >= 0.3 is 0 Å². The zero-order chi connectivity index (χ0) is 32.1. The summed E-state index contributed by atoms with van der Waals surface area (Å²) in [5.41, 5.74) is 9.62. The lowest BCUT2D eigenvalue weighted by Gasteiger charge is -2.31. The molecule has 2 heterocycles. The van der Waals surface area contributed by atoms with E-state index in [1.807, 2.05) is 11.6 Å². The van der Waals surface area contributed by atoms with E-state index in [-0.39, 0.29) is 5.41 Å². The average molecular weight is 593 g/mol. The Labute approximate surface area is 267 Å². The lowest BCUT2D eigenvalue weighted by molar-refractivity contribution is -0.693. The molecule has 226 valence electrons. The van der Waals surface area contributed by atoms with Crippen molar-refractivity contribution < 1.29 is 13.6 Å². The smallest absolute Gasteiger partial charge is 0.202 e. The number of allylic oxidation sites excluding steroid dienone is 4. The summed E-state index contributed by atoms with van der Waals surface area (Å²) in [5, 5.41) is 4.57. The van der Waals surface area contributed by atoms with E-state index in [1.54, 1.807) is 0 Å². The summed E-state index contributed by atoms with van der Waals surface area (Å²) in [6, 6.07) is 32.9. The maximum absolute atomic E-state index is 6.59. The molecule has 0 fully saturated rings. The first kappa shape index (κ1) is 30.3. The highest BCUT2D eigenvalue weighted by Gasteiger charge is 2.48. The highest BCUT2D eigenvalue weighted by Crippen LogP contribution is 2.44. The Bertz CT molecular complexity index is 2170. The van der Waals surface area contributed by atoms with E-state index >= 15 is 0 Å². The maximum Gasteiger partial charge on any atom is 0.202 e. The van der Waals surface area contributed by atoms with Crippen molar-refractivity contribution in [3.8, 4) is 0 Å². The minimum atomic E-state index is -0.554. The molecular formula is C42H44N2O+2. The van der Waals surface area contributed by atoms with Crippen molar-refractivity contribution in [3.63, 3.8) is 0 Å². The predicted octanol–water partition coefficient (Wildman–Crippen LogP) is 9.62. The number of likely N-dealkylation sites (N-methyl/N-ethyl adjacent to an activating group) is 1. The van der Waals surface area contributed by atoms with Gasteiger partial charge in [0, 0.05) is 34.4 Å². The third-order valence-electron chi connectivity index (χ3n) is 9.82. The van der Waals surface area contributed by atoms with Gasteiger partial charge in [-0.1, -0.05) is 66.7 Å². The van der Waals surface area contributed by atoms with Gasteiger partial charge in [-0.05, 0) is 93.4 Å². The number of rotatable bonds is 7. The number of fused-ring (bicyclic) bond motifs is 5. The van der Waals surface area contributed by atoms with Crippen LogP contribution in [0.1, 0.15) is 61.3 Å². The van der Waals surface area contributed by atoms with Crippen LogP contribution < -0.4 is 4.57 Å². The minimum absolute atomic E-state index is 0.221. The standard InChI is InChI=1S/C42H44N2O/c1-10-11-21-38(43(7)8)42(6,39-23-16-22-37(44(39)9)41(4,5)34-20-15-12-17-28(34)2)35-27-33-32-25-24-30-18-13-14-19-31(30)40(32)45-36(33)26-29(35)3/h10-27H,7H2,1-6,8-9H3/q+2/b11-10-,38-21-. The van der Waals surface area contributed by atoms with Crippen LogP contribution in [0.25, 0.3) is 32.7 Å². The molecule has 45 heavy (non-hydrogen) atoms. The average Bonchev–Trinajstić information content (AvgIpc) is 3.38. The van der Waals surface area contributed by atoms with Crippen molar-refractivity contribution in [3.05, 3.63) is 149 Å². The Balaban J connectivity index is 1.68. The van der Waals surface area contributed by atoms with Crippen LogP contribution in [0.2, 0.25) is 0 Å². The predicted molar refractivity (Wildman–Crippen MR) is 190 cm³/mol. The van der Waals surface area contributed by atoms with E-state index in [2.05, 4.69) is 169 Å². The van der Waals surface area contributed by atoms with Crippen molar-refractivity contribution in [1.29, 1.82) is 0 Å². The minimum Gasteiger partial charge on any atom is -0.455 e. The molecule has 1 atom stereocenters. The first-order valence-corrected chi connectivity index (χ1v) is 15.8. The Morgan fingerprint density at radius 3 is 2.22 bits per heavy atom. The van der Waals surface area contributed by atoms with Gasteiger partial charge in [0.25, 0.3) is 0 Å². The second kappa shape index (κ2) is 11.3. The van der Waals surface area contributed by atoms with Gasteiger partial charge in [-0.25, -0.2) is 9.14 Å². The van der Waals surface area contributed by atoms with Crippen molar-refractivity contribution in [2.45, 2.75) is 52.4 Å². The summed E-state index contributed by atoms with van der Waals surface area (Å²) in [5.74, 6) is 0. The Morgan fingerprint density at radius 2 is 1.49 bits per heavy atom. The van der Waals surface area contributed by atoms with Crippen molar-refractivity contribution in [2.24, 2.45) is 7.05 Å². The van der Waals surface area contributed by atoms with Crippen LogP contribution in [0.4, 0.5) is 0 Å². The highest BCUT2D eigenvalue weighted by atomic mass is 16.3. The van der Waals surface area contributed by atoms with Gasteiger partial charge in [0.15, 0.2) is 11.1 Å². The third kappa shape index (κ3) is 4.82. The van der Waals surface area contributed by atoms with Gasteiger partial charge in [-0.2, -0.15) is 0 Å². The van der Waals surface area contributed by atoms with E-state index in [0.29, 0.717) is 0 Å². The lowest BCUT2D eigenvalue weighted by Crippen LogP contribution is -2.50. The second-order valence-corrected chi connectivity index (χ2v) is 13.1. The molecule has 0 saturated heterocycles. The van der Waals surface area contributed by atoms with Crippen LogP contribution in [-0.4, -0.2) is 18.3 Å². The van der Waals surface area contributed by atoms with Gasteiger partial charge in [-0.3, -0.25) is 0 Å². The number of aromatic nitrogens is 1. The van der Waals surface area contributed by atoms with Crippen LogP contribution in [0.5, 0.6) is 0 Å². The molecule has 0 saturated carbocycles. The molecule has 0 radical (unpaired) electrons. The quantitative estimate of drug-likeness (QED) is 0.103. The SMILES string of the molecule is C=[N+](C)/C(=C\C=C/C)C(C)(c1cc2c(cc1C)oc1c3ccccc3ccc21)c1cccc(C(C)(C)c2ccccc2C)[n+]1C. The molecule has 0 bridgehead atoms. The number of nitrogens with zero attached hydrogens (tertiary/aromatic N) is 2. The molecule has 1 unspecified atom stereocenters. The molecule has 0 spiro atoms. The van der Waals surface area contributed by atoms with E-state index in [4.69, 9.17) is 4.42 Å². The topological polar surface area (TPSA) is 20.0 Å². The van der Waals surface area contributed by atoms with E-state index in [9.17, 15) is 0 Å². The summed E-state index contributed by atoms with van der Waals surface area (Å²) in [6.07, 6.45) is 6.40. The molecule has 0 amide bonds. The molecule has 3 heteroatoms. The first-order valence-electron chi connectivity index (χ1n) is 15.8. The molecular weight excluding hydrogens is 548 g/mol. The largest absolute Gasteiger partial charge is 0.455 e. The summed E-state index contributed by atoms with van der Waals surface area (Å²) >= 11 is 0. The third-order valence-corrected chi connectivity index (χ3v) is 9.82. The Morgan fingerprint density at radius 1 is 0.778 bits per heavy atom. The molecule has 0 N–H and O–H groups in total. The number of hydrogen-bond acceptors (Lipinski definition) is 1. The maximum atomic E-state index is 6.59. The molecule has 3 nitrogen and oxygen atoms in total. The summed E-state index contributed by atoms with van der Waals surface area (Å²) in [4.78, 5) is 0. The van der Waals surface area contributed by atoms with E-state index in [0.717, 1.165) is 33.0 Å². The van der Waals surface area contributed by atoms with Gasteiger partial charge in [-0.15, -0.1) is 0 Å². The van der Waals surface area contributed by atoms with Crippen LogP contribution in [0.3, 0.4) is 0 Å². The molecule has 4 aromatic carbocycles. The molecule has 0 aliphatic carbocycles. The molecule has 0 aliphatic heterocycles. The fourth-order valence-corrected chi connectivity index (χ4v) is 7.59. The second-order valence-electron chi connectivity index (χ2n) is 13.1. The van der Waals surface area contributed by atoms with Crippen molar-refractivity contribution in [2.75, 3.05) is 7.05 Å². The molecule has 0 aliphatic rings. The van der Waals surface area contributed by atoms with Crippen LogP contribution in [0, 0.1) is 13.8 Å². The van der Waals surface area contributed by atoms with Gasteiger partial charge in [0.1, 0.15) is 32.0 Å². The lowest BCUT2D eigenvalue weighted by atomic mass is 9.72. The number of furan rings is 1. The van der Waals surface area contributed by atoms with E-state index in [1.165, 1.54) is 39.0 Å². The van der Waals surface area contributed by atoms with Gasteiger partial charge < -0.3 is 4.42 Å². The fraction of sp³-hybridized carbons (Fsp3) is 0.238. The molecule has 6 rings (SSSR count). The summed E-state index contributed by atoms with van der Waals surface area (Å²) < 4.78 is 11.0. The van der Waals surface area contributed by atoms with Crippen LogP contribution >= 0.6 is 0 Å². The Hall–Kier alpha value is -4.76. The number of hydrogen-bond donors (Lipinski definition) is 0. The van der Waals surface area contributed by atoms with Crippen LogP contribution in [0.15, 0.2) is 119 Å². The van der Waals surface area contributed by atoms with Gasteiger partial charge in [0.2, 0.25) is 11.4 Å². The summed E-state index contributed by atoms with van der Waals surface area (Å²) in [7, 11) is 4.26.